The molecule has 1 aromatic heterocycles. The van der Waals surface area contributed by atoms with Gasteiger partial charge in [-0.3, -0.25) is 24.5 Å². The van der Waals surface area contributed by atoms with Gasteiger partial charge in [-0.1, -0.05) is 25.8 Å². The summed E-state index contributed by atoms with van der Waals surface area (Å²) in [5.41, 5.74) is 2.29. The Morgan fingerprint density at radius 2 is 1.78 bits per heavy atom. The number of halogens is 1. The van der Waals surface area contributed by atoms with Crippen LogP contribution in [-0.2, 0) is 14.4 Å². The number of fused-ring (bicyclic) bond motifs is 1. The lowest BCUT2D eigenvalue weighted by atomic mass is 9.86. The molecule has 63 heavy (non-hydrogen) atoms. The molecule has 338 valence electrons. The Morgan fingerprint density at radius 1 is 0.984 bits per heavy atom. The minimum atomic E-state index is -0.571. The minimum Gasteiger partial charge on any atom is -0.495 e. The monoisotopic (exact) mass is 867 g/mol. The fourth-order valence-electron chi connectivity index (χ4n) is 10.6. The Balaban J connectivity index is 0.873. The van der Waals surface area contributed by atoms with Gasteiger partial charge >= 0.3 is 0 Å². The Morgan fingerprint density at radius 3 is 2.49 bits per heavy atom. The number of benzene rings is 2. The number of nitrogens with zero attached hydrogens (tertiary/aromatic N) is 6. The van der Waals surface area contributed by atoms with Crippen molar-refractivity contribution in [2.24, 2.45) is 5.92 Å². The Bertz CT molecular complexity index is 2180. The van der Waals surface area contributed by atoms with E-state index in [1.807, 2.05) is 13.0 Å². The number of likely N-dealkylation sites (tertiary alicyclic amines) is 1. The maximum absolute atomic E-state index is 15.4. The van der Waals surface area contributed by atoms with E-state index in [1.165, 1.54) is 6.07 Å². The number of aliphatic hydroxyl groups excluding tert-OH is 1. The first kappa shape index (κ1) is 44.3. The summed E-state index contributed by atoms with van der Waals surface area (Å²) in [6, 6.07) is 10.2. The van der Waals surface area contributed by atoms with Crippen LogP contribution < -0.4 is 35.4 Å². The van der Waals surface area contributed by atoms with Gasteiger partial charge < -0.3 is 40.1 Å². The van der Waals surface area contributed by atoms with E-state index >= 15 is 4.39 Å². The summed E-state index contributed by atoms with van der Waals surface area (Å²) in [7, 11) is 3.34. The molecule has 4 amide bonds. The summed E-state index contributed by atoms with van der Waals surface area (Å²) in [5, 5.41) is 19.2. The topological polar surface area (TPSA) is 173 Å². The molecule has 2 aromatic carbocycles. The van der Waals surface area contributed by atoms with Crippen LogP contribution in [0, 0.1) is 11.7 Å². The van der Waals surface area contributed by atoms with Crippen molar-refractivity contribution < 1.29 is 33.4 Å². The first-order valence-corrected chi connectivity index (χ1v) is 22.9. The van der Waals surface area contributed by atoms with Gasteiger partial charge in [0.1, 0.15) is 23.3 Å². The fourth-order valence-corrected chi connectivity index (χ4v) is 10.6. The summed E-state index contributed by atoms with van der Waals surface area (Å²) < 4.78 is 21.2. The molecule has 0 radical (unpaired) electrons. The Kier molecular flexibility index (Phi) is 13.5. The van der Waals surface area contributed by atoms with Crippen LogP contribution in [0.2, 0.25) is 0 Å². The van der Waals surface area contributed by atoms with E-state index in [-0.39, 0.29) is 54.6 Å². The maximum Gasteiger partial charge on any atom is 0.251 e. The van der Waals surface area contributed by atoms with Crippen LogP contribution >= 0.6 is 0 Å². The summed E-state index contributed by atoms with van der Waals surface area (Å²) in [4.78, 5) is 69.2. The van der Waals surface area contributed by atoms with Gasteiger partial charge in [0.25, 0.3) is 5.91 Å². The maximum atomic E-state index is 15.4. The van der Waals surface area contributed by atoms with Gasteiger partial charge in [-0.2, -0.15) is 4.98 Å². The number of likely N-dealkylation sites (N-methyl/N-ethyl adjacent to an activating group) is 1. The van der Waals surface area contributed by atoms with Gasteiger partial charge in [-0.05, 0) is 113 Å². The molecule has 15 nitrogen and oxygen atoms in total. The number of rotatable bonds is 13. The molecule has 5 aliphatic rings. The number of methoxy groups -OCH3 is 1. The molecule has 1 saturated carbocycles. The largest absolute Gasteiger partial charge is 0.495 e. The van der Waals surface area contributed by atoms with Crippen LogP contribution in [0.1, 0.15) is 112 Å². The van der Waals surface area contributed by atoms with E-state index in [4.69, 9.17) is 9.72 Å². The number of nitrogens with one attached hydrogen (secondary N) is 3. The Labute approximate surface area is 369 Å². The number of anilines is 5. The van der Waals surface area contributed by atoms with E-state index in [9.17, 15) is 24.3 Å². The molecule has 4 fully saturated rings. The van der Waals surface area contributed by atoms with E-state index in [1.54, 1.807) is 49.5 Å². The number of aromatic nitrogens is 2. The third-order valence-electron chi connectivity index (χ3n) is 14.2. The highest BCUT2D eigenvalue weighted by molar-refractivity contribution is 6.04. The molecule has 3 aromatic rings. The molecule has 4 N–H and O–H groups in total. The van der Waals surface area contributed by atoms with Gasteiger partial charge in [0.2, 0.25) is 23.7 Å². The summed E-state index contributed by atoms with van der Waals surface area (Å²) in [6.07, 6.45) is 11.9. The van der Waals surface area contributed by atoms with Gasteiger partial charge in [0.15, 0.2) is 5.82 Å². The molecule has 0 bridgehead atoms. The van der Waals surface area contributed by atoms with Crippen molar-refractivity contribution in [1.29, 1.82) is 0 Å². The number of hydrogen-bond donors (Lipinski definition) is 4. The van der Waals surface area contributed by atoms with Crippen LogP contribution in [-0.4, -0.2) is 115 Å². The SMILES string of the molecule is CC[C@@H]1C(=O)N(C)c2cnc(Nc3ccc(C(=O)NC4(CCO)CCCN(CC5CCN(c6ccc(C7CCC(=O)NC7=O)cc6F)CC5)CC4)cc3OC)nc2N1C1CCCC1. The fraction of sp³-hybridized carbons (Fsp3) is 0.574. The van der Waals surface area contributed by atoms with Crippen LogP contribution in [0.3, 0.4) is 0 Å². The molecular weight excluding hydrogens is 806 g/mol. The van der Waals surface area contributed by atoms with E-state index in [0.717, 1.165) is 89.9 Å². The van der Waals surface area contributed by atoms with Crippen LogP contribution in [0.5, 0.6) is 5.75 Å². The first-order valence-electron chi connectivity index (χ1n) is 22.9. The molecule has 1 aliphatic carbocycles. The molecule has 16 heteroatoms. The highest BCUT2D eigenvalue weighted by Gasteiger charge is 2.42. The van der Waals surface area contributed by atoms with Crippen molar-refractivity contribution in [3.05, 3.63) is 59.5 Å². The zero-order valence-electron chi connectivity index (χ0n) is 36.8. The summed E-state index contributed by atoms with van der Waals surface area (Å²) in [6.45, 7) is 6.05. The number of aliphatic hydroxyl groups is 1. The van der Waals surface area contributed by atoms with E-state index in [0.29, 0.717) is 71.5 Å². The van der Waals surface area contributed by atoms with Crippen LogP contribution in [0.25, 0.3) is 0 Å². The number of imide groups is 1. The molecule has 8 rings (SSSR count). The lowest BCUT2D eigenvalue weighted by Gasteiger charge is -2.43. The number of amides is 4. The minimum absolute atomic E-state index is 0.0438. The normalized spacial score (nSPS) is 24.0. The molecule has 2 unspecified atom stereocenters. The second-order valence-electron chi connectivity index (χ2n) is 18.1. The average Bonchev–Trinajstić information content (AvgIpc) is 3.74. The molecule has 0 spiro atoms. The average molecular weight is 868 g/mol. The second-order valence-corrected chi connectivity index (χ2v) is 18.1. The number of piperidine rings is 2. The van der Waals surface area contributed by atoms with Crippen molar-refractivity contribution in [3.8, 4) is 5.75 Å². The highest BCUT2D eigenvalue weighted by Crippen LogP contribution is 2.41. The Hall–Kier alpha value is -5.35. The lowest BCUT2D eigenvalue weighted by molar-refractivity contribution is -0.134. The van der Waals surface area contributed by atoms with Crippen molar-refractivity contribution in [3.63, 3.8) is 0 Å². The predicted molar refractivity (Wildman–Crippen MR) is 239 cm³/mol. The van der Waals surface area contributed by atoms with Gasteiger partial charge in [-0.15, -0.1) is 0 Å². The van der Waals surface area contributed by atoms with Crippen molar-refractivity contribution in [2.45, 2.75) is 114 Å². The lowest BCUT2D eigenvalue weighted by Crippen LogP contribution is -2.55. The molecule has 4 aliphatic heterocycles. The third-order valence-corrected chi connectivity index (χ3v) is 14.2. The quantitative estimate of drug-likeness (QED) is 0.156. The van der Waals surface area contributed by atoms with E-state index in [2.05, 4.69) is 35.6 Å². The van der Waals surface area contributed by atoms with Gasteiger partial charge in [-0.25, -0.2) is 9.37 Å². The van der Waals surface area contributed by atoms with E-state index < -0.39 is 11.5 Å². The first-order chi connectivity index (χ1) is 30.5. The molecular formula is C47H62FN9O6. The highest BCUT2D eigenvalue weighted by atomic mass is 19.1. The van der Waals surface area contributed by atoms with Crippen LogP contribution in [0.15, 0.2) is 42.6 Å². The zero-order chi connectivity index (χ0) is 44.3. The second kappa shape index (κ2) is 19.2. The number of carbonyl (C=O) groups is 4. The number of carbonyl (C=O) groups excluding carboxylic acids is 4. The van der Waals surface area contributed by atoms with Crippen molar-refractivity contribution in [1.82, 2.24) is 25.5 Å². The van der Waals surface area contributed by atoms with Gasteiger partial charge in [0.05, 0.1) is 30.6 Å². The van der Waals surface area contributed by atoms with Crippen molar-refractivity contribution >= 4 is 52.5 Å². The molecule has 3 atom stereocenters. The van der Waals surface area contributed by atoms with Crippen LogP contribution in [0.4, 0.5) is 33.2 Å². The van der Waals surface area contributed by atoms with Crippen molar-refractivity contribution in [2.75, 3.05) is 73.5 Å². The van der Waals surface area contributed by atoms with Gasteiger partial charge in [0, 0.05) is 63.4 Å². The third kappa shape index (κ3) is 9.47. The summed E-state index contributed by atoms with van der Waals surface area (Å²) >= 11 is 0. The standard InChI is InChI=1S/C47H62FN9O6/c1-4-37-45(62)54(2)39-28-49-46(52-42(39)57(37)33-8-5-6-9-33)50-36-13-10-32(27-40(36)63-3)43(60)53-47(20-25-58)18-7-21-55(24-19-47)29-30-16-22-56(23-17-30)38-14-11-31(26-35(38)48)34-12-15-41(59)51-44(34)61/h10-11,13-14,26-28,30,33-34,37,58H,4-9,12,15-25,29H2,1-3H3,(H,53,60)(H,49,50,52)(H,51,59,61)/t34?,37-,47?/m1/s1. The number of ether oxygens (including phenoxy) is 1. The number of hydrogen-bond acceptors (Lipinski definition) is 12. The smallest absolute Gasteiger partial charge is 0.251 e. The molecule has 3 saturated heterocycles. The zero-order valence-corrected chi connectivity index (χ0v) is 36.8. The predicted octanol–water partition coefficient (Wildman–Crippen LogP) is 5.65. The molecule has 5 heterocycles. The summed E-state index contributed by atoms with van der Waals surface area (Å²) in [5.74, 6) is 0.320.